The highest BCUT2D eigenvalue weighted by atomic mass is 16.4. The van der Waals surface area contributed by atoms with Gasteiger partial charge in [-0.3, -0.25) is 14.4 Å². The third-order valence-corrected chi connectivity index (χ3v) is 3.94. The summed E-state index contributed by atoms with van der Waals surface area (Å²) in [4.78, 5) is 34.3. The lowest BCUT2D eigenvalue weighted by atomic mass is 9.85. The van der Waals surface area contributed by atoms with Crippen molar-refractivity contribution in [3.05, 3.63) is 35.4 Å². The maximum atomic E-state index is 11.9. The summed E-state index contributed by atoms with van der Waals surface area (Å²) >= 11 is 0. The summed E-state index contributed by atoms with van der Waals surface area (Å²) in [5.74, 6) is -1.81. The molecule has 0 radical (unpaired) electrons. The Kier molecular flexibility index (Phi) is 4.17. The number of allylic oxidation sites excluding steroid dienone is 1. The van der Waals surface area contributed by atoms with Crippen LogP contribution in [0.1, 0.15) is 38.3 Å². The quantitative estimate of drug-likeness (QED) is 0.819. The van der Waals surface area contributed by atoms with Gasteiger partial charge in [-0.1, -0.05) is 19.1 Å². The molecule has 1 heterocycles. The number of anilines is 1. The fourth-order valence-electron chi connectivity index (χ4n) is 2.40. The number of hydrogen-bond acceptors (Lipinski definition) is 3. The number of rotatable bonds is 5. The number of carboxylic acids is 1. The van der Waals surface area contributed by atoms with E-state index in [1.54, 1.807) is 13.0 Å². The number of carboxylic acid groups (broad SMARTS) is 1. The van der Waals surface area contributed by atoms with Crippen molar-refractivity contribution < 1.29 is 19.5 Å². The Balaban J connectivity index is 2.17. The highest BCUT2D eigenvalue weighted by molar-refractivity contribution is 6.06. The number of benzene rings is 1. The van der Waals surface area contributed by atoms with Crippen molar-refractivity contribution in [2.24, 2.45) is 5.92 Å². The van der Waals surface area contributed by atoms with E-state index < -0.39 is 17.3 Å². The summed E-state index contributed by atoms with van der Waals surface area (Å²) in [6, 6.07) is 5.50. The van der Waals surface area contributed by atoms with E-state index in [2.05, 4.69) is 5.32 Å². The van der Waals surface area contributed by atoms with Gasteiger partial charge in [0.1, 0.15) is 0 Å². The number of hydrogen-bond donors (Lipinski definition) is 2. The first-order valence-electron chi connectivity index (χ1n) is 7.11. The molecular formula is C17H19NO4. The van der Waals surface area contributed by atoms with Crippen LogP contribution in [-0.2, 0) is 19.8 Å². The van der Waals surface area contributed by atoms with E-state index in [-0.39, 0.29) is 18.1 Å². The molecule has 5 nitrogen and oxygen atoms in total. The Morgan fingerprint density at radius 1 is 1.36 bits per heavy atom. The molecule has 0 saturated carbocycles. The molecule has 0 aliphatic carbocycles. The average Bonchev–Trinajstić information content (AvgIpc) is 2.66. The summed E-state index contributed by atoms with van der Waals surface area (Å²) < 4.78 is 0. The van der Waals surface area contributed by atoms with E-state index in [4.69, 9.17) is 5.11 Å². The number of nitrogens with one attached hydrogen (secondary N) is 1. The average molecular weight is 301 g/mol. The first-order valence-corrected chi connectivity index (χ1v) is 7.11. The number of carbonyl (C=O) groups is 3. The summed E-state index contributed by atoms with van der Waals surface area (Å²) in [5.41, 5.74) is 1.89. The Labute approximate surface area is 129 Å². The molecule has 1 amide bonds. The fraction of sp³-hybridized carbons (Fsp3) is 0.353. The number of carbonyl (C=O) groups excluding carboxylic acids is 2. The van der Waals surface area contributed by atoms with Gasteiger partial charge in [0, 0.05) is 11.6 Å². The van der Waals surface area contributed by atoms with Crippen molar-refractivity contribution in [3.63, 3.8) is 0 Å². The highest BCUT2D eigenvalue weighted by Gasteiger charge is 2.38. The van der Waals surface area contributed by atoms with Gasteiger partial charge in [0.25, 0.3) is 0 Å². The predicted octanol–water partition coefficient (Wildman–Crippen LogP) is 2.61. The molecule has 0 saturated heterocycles. The zero-order chi connectivity index (χ0) is 16.5. The van der Waals surface area contributed by atoms with Gasteiger partial charge < -0.3 is 10.4 Å². The van der Waals surface area contributed by atoms with Crippen LogP contribution in [0.2, 0.25) is 0 Å². The first kappa shape index (κ1) is 15.9. The minimum absolute atomic E-state index is 0.0465. The van der Waals surface area contributed by atoms with Crippen molar-refractivity contribution in [2.45, 2.75) is 32.6 Å². The summed E-state index contributed by atoms with van der Waals surface area (Å²) in [5, 5.41) is 11.5. The third kappa shape index (κ3) is 3.08. The number of amides is 1. The molecule has 0 aromatic heterocycles. The van der Waals surface area contributed by atoms with Crippen molar-refractivity contribution in [1.82, 2.24) is 0 Å². The van der Waals surface area contributed by atoms with E-state index >= 15 is 0 Å². The minimum atomic E-state index is -0.988. The van der Waals surface area contributed by atoms with Crippen LogP contribution in [-0.4, -0.2) is 22.8 Å². The zero-order valence-electron chi connectivity index (χ0n) is 12.8. The van der Waals surface area contributed by atoms with Crippen molar-refractivity contribution >= 4 is 29.4 Å². The lowest BCUT2D eigenvalue weighted by Crippen LogP contribution is -2.26. The van der Waals surface area contributed by atoms with Crippen LogP contribution in [0.5, 0.6) is 0 Å². The fourth-order valence-corrected chi connectivity index (χ4v) is 2.40. The molecular weight excluding hydrogens is 282 g/mol. The Morgan fingerprint density at radius 2 is 2.05 bits per heavy atom. The molecule has 2 N–H and O–H groups in total. The van der Waals surface area contributed by atoms with E-state index in [1.165, 1.54) is 6.08 Å². The molecule has 0 fully saturated rings. The lowest BCUT2D eigenvalue weighted by molar-refractivity contribution is -0.139. The molecule has 0 bridgehead atoms. The largest absolute Gasteiger partial charge is 0.481 e. The molecule has 5 heteroatoms. The number of aliphatic carboxylic acids is 1. The van der Waals surface area contributed by atoms with Crippen LogP contribution in [0.3, 0.4) is 0 Å². The van der Waals surface area contributed by atoms with Gasteiger partial charge in [-0.25, -0.2) is 0 Å². The second kappa shape index (κ2) is 5.75. The van der Waals surface area contributed by atoms with Crippen LogP contribution in [0.15, 0.2) is 24.3 Å². The van der Waals surface area contributed by atoms with E-state index in [0.717, 1.165) is 16.8 Å². The van der Waals surface area contributed by atoms with Crippen LogP contribution in [0.4, 0.5) is 5.69 Å². The van der Waals surface area contributed by atoms with Crippen molar-refractivity contribution in [2.75, 3.05) is 5.32 Å². The topological polar surface area (TPSA) is 83.5 Å². The SMILES string of the molecule is CC(CC(=O)O)C(=O)C=Cc1ccc2c(c1)C(C)(C)C(=O)N2. The Hall–Kier alpha value is -2.43. The van der Waals surface area contributed by atoms with Gasteiger partial charge >= 0.3 is 5.97 Å². The van der Waals surface area contributed by atoms with Crippen LogP contribution in [0.25, 0.3) is 6.08 Å². The minimum Gasteiger partial charge on any atom is -0.481 e. The van der Waals surface area contributed by atoms with Gasteiger partial charge in [-0.15, -0.1) is 0 Å². The maximum absolute atomic E-state index is 11.9. The van der Waals surface area contributed by atoms with E-state index in [9.17, 15) is 14.4 Å². The monoisotopic (exact) mass is 301 g/mol. The number of ketones is 1. The molecule has 22 heavy (non-hydrogen) atoms. The van der Waals surface area contributed by atoms with Crippen molar-refractivity contribution in [1.29, 1.82) is 0 Å². The molecule has 1 aromatic rings. The molecule has 1 aromatic carbocycles. The molecule has 1 aliphatic heterocycles. The molecule has 1 unspecified atom stereocenters. The van der Waals surface area contributed by atoms with E-state index in [0.29, 0.717) is 0 Å². The molecule has 116 valence electrons. The van der Waals surface area contributed by atoms with Crippen LogP contribution < -0.4 is 5.32 Å². The van der Waals surface area contributed by atoms with E-state index in [1.807, 2.05) is 32.0 Å². The van der Waals surface area contributed by atoms with Gasteiger partial charge in [-0.05, 0) is 43.2 Å². The summed E-state index contributed by atoms with van der Waals surface area (Å²) in [6.07, 6.45) is 2.87. The normalized spacial score (nSPS) is 17.1. The molecule has 1 aliphatic rings. The third-order valence-electron chi connectivity index (χ3n) is 3.94. The van der Waals surface area contributed by atoms with Gasteiger partial charge in [0.2, 0.25) is 5.91 Å². The summed E-state index contributed by atoms with van der Waals surface area (Å²) in [7, 11) is 0. The van der Waals surface area contributed by atoms with Gasteiger partial charge in [0.05, 0.1) is 11.8 Å². The standard InChI is InChI=1S/C17H19NO4/c1-10(8-15(20)21)14(19)7-5-11-4-6-13-12(9-11)17(2,3)16(22)18-13/h4-7,9-10H,8H2,1-3H3,(H,18,22)(H,20,21). The van der Waals surface area contributed by atoms with Gasteiger partial charge in [0.15, 0.2) is 5.78 Å². The molecule has 2 rings (SSSR count). The van der Waals surface area contributed by atoms with Crippen molar-refractivity contribution in [3.8, 4) is 0 Å². The van der Waals surface area contributed by atoms with Crippen LogP contribution >= 0.6 is 0 Å². The predicted molar refractivity (Wildman–Crippen MR) is 83.6 cm³/mol. The second-order valence-corrected chi connectivity index (χ2v) is 6.12. The second-order valence-electron chi connectivity index (χ2n) is 6.12. The highest BCUT2D eigenvalue weighted by Crippen LogP contribution is 2.37. The molecule has 0 spiro atoms. The maximum Gasteiger partial charge on any atom is 0.304 e. The molecule has 1 atom stereocenters. The van der Waals surface area contributed by atoms with Crippen LogP contribution in [0, 0.1) is 5.92 Å². The zero-order valence-corrected chi connectivity index (χ0v) is 12.8. The smallest absolute Gasteiger partial charge is 0.304 e. The number of fused-ring (bicyclic) bond motifs is 1. The Bertz CT molecular complexity index is 673. The Morgan fingerprint density at radius 3 is 2.68 bits per heavy atom. The van der Waals surface area contributed by atoms with Gasteiger partial charge in [-0.2, -0.15) is 0 Å². The summed E-state index contributed by atoms with van der Waals surface area (Å²) in [6.45, 7) is 5.29. The first-order chi connectivity index (χ1) is 10.2. The lowest BCUT2D eigenvalue weighted by Gasteiger charge is -2.15.